The molecule has 1 rings (SSSR count). The molecule has 1 saturated heterocycles. The SMILES string of the molecule is CC(=O)OCC1O[C@@H](OC(C)=O)C(OC(C)=O)[C@@H](C)[C@H]1C. The maximum absolute atomic E-state index is 11.2. The Labute approximate surface area is 123 Å². The van der Waals surface area contributed by atoms with Crippen LogP contribution in [0.2, 0.25) is 0 Å². The number of ether oxygens (including phenoxy) is 4. The smallest absolute Gasteiger partial charge is 0.305 e. The molecule has 1 heterocycles. The second-order valence-corrected chi connectivity index (χ2v) is 5.25. The molecule has 21 heavy (non-hydrogen) atoms. The summed E-state index contributed by atoms with van der Waals surface area (Å²) in [5.41, 5.74) is 0. The first kappa shape index (κ1) is 17.4. The minimum atomic E-state index is -1.00. The number of hydrogen-bond donors (Lipinski definition) is 0. The molecule has 120 valence electrons. The van der Waals surface area contributed by atoms with Crippen molar-refractivity contribution >= 4 is 17.9 Å². The maximum atomic E-state index is 11.2. The van der Waals surface area contributed by atoms with Crippen LogP contribution in [-0.2, 0) is 33.3 Å². The molecule has 0 spiro atoms. The van der Waals surface area contributed by atoms with Crippen LogP contribution < -0.4 is 0 Å². The molecular formula is C14H22O7. The molecule has 0 aromatic rings. The summed E-state index contributed by atoms with van der Waals surface area (Å²) >= 11 is 0. The first-order valence-electron chi connectivity index (χ1n) is 6.85. The Bertz CT molecular complexity index is 404. The zero-order valence-corrected chi connectivity index (χ0v) is 13.0. The summed E-state index contributed by atoms with van der Waals surface area (Å²) in [6.45, 7) is 7.68. The molecule has 0 aromatic carbocycles. The van der Waals surface area contributed by atoms with Crippen molar-refractivity contribution in [2.75, 3.05) is 6.61 Å². The van der Waals surface area contributed by atoms with Crippen molar-refractivity contribution < 1.29 is 33.3 Å². The lowest BCUT2D eigenvalue weighted by molar-refractivity contribution is -0.271. The van der Waals surface area contributed by atoms with Crippen LogP contribution in [0.15, 0.2) is 0 Å². The number of hydrogen-bond acceptors (Lipinski definition) is 7. The van der Waals surface area contributed by atoms with Crippen LogP contribution in [0.3, 0.4) is 0 Å². The summed E-state index contributed by atoms with van der Waals surface area (Å²) in [7, 11) is 0. The minimum Gasteiger partial charge on any atom is -0.463 e. The third kappa shape index (κ3) is 5.00. The van der Waals surface area contributed by atoms with E-state index >= 15 is 0 Å². The van der Waals surface area contributed by atoms with Crippen molar-refractivity contribution in [2.24, 2.45) is 11.8 Å². The second-order valence-electron chi connectivity index (χ2n) is 5.25. The van der Waals surface area contributed by atoms with Gasteiger partial charge in [0.15, 0.2) is 6.10 Å². The van der Waals surface area contributed by atoms with Gasteiger partial charge < -0.3 is 18.9 Å². The Hall–Kier alpha value is -1.63. The molecule has 0 bridgehead atoms. The lowest BCUT2D eigenvalue weighted by Crippen LogP contribution is -2.53. The van der Waals surface area contributed by atoms with Gasteiger partial charge in [0.05, 0.1) is 6.10 Å². The fourth-order valence-electron chi connectivity index (χ4n) is 2.26. The highest BCUT2D eigenvalue weighted by molar-refractivity contribution is 5.67. The number of esters is 3. The Kier molecular flexibility index (Phi) is 6.14. The third-order valence-corrected chi connectivity index (χ3v) is 3.55. The lowest BCUT2D eigenvalue weighted by atomic mass is 9.83. The average molecular weight is 302 g/mol. The topological polar surface area (TPSA) is 88.1 Å². The molecule has 2 unspecified atom stereocenters. The van der Waals surface area contributed by atoms with E-state index in [0.717, 1.165) is 0 Å². The number of carbonyl (C=O) groups is 3. The van der Waals surface area contributed by atoms with Crippen molar-refractivity contribution in [3.63, 3.8) is 0 Å². The van der Waals surface area contributed by atoms with E-state index in [1.165, 1.54) is 20.8 Å². The quantitative estimate of drug-likeness (QED) is 0.566. The summed E-state index contributed by atoms with van der Waals surface area (Å²) in [5, 5.41) is 0. The van der Waals surface area contributed by atoms with E-state index in [9.17, 15) is 14.4 Å². The first-order valence-corrected chi connectivity index (χ1v) is 6.85. The molecule has 0 saturated carbocycles. The lowest BCUT2D eigenvalue weighted by Gasteiger charge is -2.42. The molecular weight excluding hydrogens is 280 g/mol. The summed E-state index contributed by atoms with van der Waals surface area (Å²) in [4.78, 5) is 33.3. The van der Waals surface area contributed by atoms with Crippen LogP contribution in [0.4, 0.5) is 0 Å². The van der Waals surface area contributed by atoms with Gasteiger partial charge in [0.1, 0.15) is 6.61 Å². The van der Waals surface area contributed by atoms with Crippen molar-refractivity contribution in [3.05, 3.63) is 0 Å². The average Bonchev–Trinajstić information content (AvgIpc) is 2.35. The van der Waals surface area contributed by atoms with E-state index < -0.39 is 36.4 Å². The summed E-state index contributed by atoms with van der Waals surface area (Å²) in [6.07, 6.45) is -2.12. The summed E-state index contributed by atoms with van der Waals surface area (Å²) in [5.74, 6) is -1.58. The molecule has 0 aromatic heterocycles. The van der Waals surface area contributed by atoms with Gasteiger partial charge in [-0.25, -0.2) is 0 Å². The monoisotopic (exact) mass is 302 g/mol. The van der Waals surface area contributed by atoms with Crippen LogP contribution >= 0.6 is 0 Å². The molecule has 0 aliphatic carbocycles. The molecule has 1 fully saturated rings. The van der Waals surface area contributed by atoms with Crippen molar-refractivity contribution in [1.29, 1.82) is 0 Å². The van der Waals surface area contributed by atoms with Gasteiger partial charge in [0, 0.05) is 26.7 Å². The van der Waals surface area contributed by atoms with Crippen LogP contribution in [-0.4, -0.2) is 43.0 Å². The van der Waals surface area contributed by atoms with Crippen molar-refractivity contribution in [1.82, 2.24) is 0 Å². The van der Waals surface area contributed by atoms with E-state index in [2.05, 4.69) is 0 Å². The summed E-state index contributed by atoms with van der Waals surface area (Å²) in [6, 6.07) is 0. The Balaban J connectivity index is 2.84. The number of carbonyl (C=O) groups excluding carboxylic acids is 3. The van der Waals surface area contributed by atoms with Crippen molar-refractivity contribution in [3.8, 4) is 0 Å². The molecule has 0 amide bonds. The third-order valence-electron chi connectivity index (χ3n) is 3.55. The van der Waals surface area contributed by atoms with Crippen LogP contribution in [0.1, 0.15) is 34.6 Å². The van der Waals surface area contributed by atoms with Gasteiger partial charge in [0.25, 0.3) is 0 Å². The molecule has 7 nitrogen and oxygen atoms in total. The van der Waals surface area contributed by atoms with Gasteiger partial charge in [0.2, 0.25) is 6.29 Å². The van der Waals surface area contributed by atoms with E-state index in [0.29, 0.717) is 0 Å². The van der Waals surface area contributed by atoms with Gasteiger partial charge in [-0.3, -0.25) is 14.4 Å². The van der Waals surface area contributed by atoms with Crippen LogP contribution in [0, 0.1) is 11.8 Å². The molecule has 1 aliphatic heterocycles. The zero-order chi connectivity index (χ0) is 16.2. The van der Waals surface area contributed by atoms with E-state index in [1.54, 1.807) is 0 Å². The Morgan fingerprint density at radius 3 is 1.95 bits per heavy atom. The molecule has 0 N–H and O–H groups in total. The van der Waals surface area contributed by atoms with Crippen LogP contribution in [0.25, 0.3) is 0 Å². The summed E-state index contributed by atoms with van der Waals surface area (Å²) < 4.78 is 20.9. The maximum Gasteiger partial charge on any atom is 0.305 e. The molecule has 0 radical (unpaired) electrons. The second kappa shape index (κ2) is 7.40. The largest absolute Gasteiger partial charge is 0.463 e. The zero-order valence-electron chi connectivity index (χ0n) is 13.0. The van der Waals surface area contributed by atoms with Gasteiger partial charge in [-0.1, -0.05) is 13.8 Å². The first-order chi connectivity index (χ1) is 9.72. The van der Waals surface area contributed by atoms with Gasteiger partial charge >= 0.3 is 17.9 Å². The van der Waals surface area contributed by atoms with E-state index in [-0.39, 0.29) is 18.4 Å². The fourth-order valence-corrected chi connectivity index (χ4v) is 2.26. The predicted octanol–water partition coefficient (Wildman–Crippen LogP) is 1.04. The normalized spacial score (nSPS) is 32.1. The predicted molar refractivity (Wildman–Crippen MR) is 70.9 cm³/mol. The Morgan fingerprint density at radius 2 is 1.48 bits per heavy atom. The Morgan fingerprint density at radius 1 is 0.905 bits per heavy atom. The highest BCUT2D eigenvalue weighted by atomic mass is 16.7. The van der Waals surface area contributed by atoms with Gasteiger partial charge in [-0.05, 0) is 5.92 Å². The molecule has 1 aliphatic rings. The standard InChI is InChI=1S/C14H22O7/c1-7-8(2)13(19-10(4)16)14(20-11(5)17)21-12(7)6-18-9(3)15/h7-8,12-14H,6H2,1-5H3/t7-,8+,12?,13?,14-/m1/s1. The highest BCUT2D eigenvalue weighted by Gasteiger charge is 2.45. The van der Waals surface area contributed by atoms with Gasteiger partial charge in [-0.15, -0.1) is 0 Å². The number of rotatable bonds is 4. The van der Waals surface area contributed by atoms with E-state index in [4.69, 9.17) is 18.9 Å². The minimum absolute atomic E-state index is 0.0412. The molecule has 5 atom stereocenters. The van der Waals surface area contributed by atoms with Crippen molar-refractivity contribution in [2.45, 2.75) is 53.1 Å². The van der Waals surface area contributed by atoms with Crippen LogP contribution in [0.5, 0.6) is 0 Å². The highest BCUT2D eigenvalue weighted by Crippen LogP contribution is 2.33. The molecule has 7 heteroatoms. The van der Waals surface area contributed by atoms with Gasteiger partial charge in [-0.2, -0.15) is 0 Å². The fraction of sp³-hybridized carbons (Fsp3) is 0.786. The van der Waals surface area contributed by atoms with E-state index in [1.807, 2.05) is 13.8 Å².